The lowest BCUT2D eigenvalue weighted by Crippen LogP contribution is -1.85. The van der Waals surface area contributed by atoms with Gasteiger partial charge in [0.25, 0.3) is 0 Å². The van der Waals surface area contributed by atoms with E-state index in [0.29, 0.717) is 5.75 Å². The second-order valence-electron chi connectivity index (χ2n) is 5.82. The van der Waals surface area contributed by atoms with Crippen LogP contribution in [0.4, 0.5) is 0 Å². The predicted molar refractivity (Wildman–Crippen MR) is 116 cm³/mol. The van der Waals surface area contributed by atoms with Crippen molar-refractivity contribution in [2.75, 3.05) is 0 Å². The van der Waals surface area contributed by atoms with E-state index in [1.54, 1.807) is 12.1 Å². The van der Waals surface area contributed by atoms with Gasteiger partial charge < -0.3 is 9.90 Å². The van der Waals surface area contributed by atoms with Crippen molar-refractivity contribution in [3.8, 4) is 5.75 Å². The summed E-state index contributed by atoms with van der Waals surface area (Å²) in [5, 5.41) is 8.94. The molecule has 0 spiro atoms. The molecule has 0 radical (unpaired) electrons. The summed E-state index contributed by atoms with van der Waals surface area (Å²) in [6.07, 6.45) is 6.58. The van der Waals surface area contributed by atoms with Crippen molar-refractivity contribution in [3.63, 3.8) is 0 Å². The van der Waals surface area contributed by atoms with Gasteiger partial charge in [-0.2, -0.15) is 0 Å². The Kier molecular flexibility index (Phi) is 34.6. The standard InChI is InChI=1S/C8H10O.C8H18.C3H6O.2C2H6/c1-2-7-4-3-5-8(9)6-7;1-4-5-6-7-8(2)3;1-3(2)4;2*1-2/h3-6,9H,2H2,1H3;8H,4-7H2,1-3H3;1-2H3;2*1-2H3. The third kappa shape index (κ3) is 39.5. The van der Waals surface area contributed by atoms with E-state index in [9.17, 15) is 4.79 Å². The van der Waals surface area contributed by atoms with Gasteiger partial charge in [0.05, 0.1) is 0 Å². The lowest BCUT2D eigenvalue weighted by molar-refractivity contribution is -0.114. The maximum Gasteiger partial charge on any atom is 0.126 e. The summed E-state index contributed by atoms with van der Waals surface area (Å²) in [4.78, 5) is 9.44. The molecule has 150 valence electrons. The summed E-state index contributed by atoms with van der Waals surface area (Å²) >= 11 is 0. The zero-order valence-corrected chi connectivity index (χ0v) is 18.8. The highest BCUT2D eigenvalue weighted by Gasteiger charge is 1.90. The van der Waals surface area contributed by atoms with E-state index in [0.717, 1.165) is 12.3 Å². The smallest absolute Gasteiger partial charge is 0.126 e. The molecule has 2 nitrogen and oxygen atoms in total. The molecule has 0 saturated carbocycles. The first-order chi connectivity index (χ1) is 11.8. The van der Waals surface area contributed by atoms with Crippen LogP contribution in [0.2, 0.25) is 0 Å². The molecule has 1 rings (SSSR count). The highest BCUT2D eigenvalue weighted by atomic mass is 16.3. The Morgan fingerprint density at radius 2 is 1.48 bits per heavy atom. The second kappa shape index (κ2) is 27.5. The molecule has 0 amide bonds. The van der Waals surface area contributed by atoms with E-state index in [4.69, 9.17) is 5.11 Å². The Balaban J connectivity index is -0.000000126. The molecule has 1 aromatic rings. The number of unbranched alkanes of at least 4 members (excludes halogenated alkanes) is 2. The molecule has 1 aromatic carbocycles. The van der Waals surface area contributed by atoms with Crippen molar-refractivity contribution < 1.29 is 9.90 Å². The van der Waals surface area contributed by atoms with Gasteiger partial charge in [0.2, 0.25) is 0 Å². The van der Waals surface area contributed by atoms with Crippen molar-refractivity contribution in [1.82, 2.24) is 0 Å². The van der Waals surface area contributed by atoms with Crippen molar-refractivity contribution in [1.29, 1.82) is 0 Å². The van der Waals surface area contributed by atoms with Gasteiger partial charge in [0, 0.05) is 0 Å². The van der Waals surface area contributed by atoms with Crippen molar-refractivity contribution in [2.45, 2.75) is 101 Å². The summed E-state index contributed by atoms with van der Waals surface area (Å²) in [5.41, 5.74) is 1.18. The minimum atomic E-state index is 0.167. The third-order valence-electron chi connectivity index (χ3n) is 2.70. The Labute approximate surface area is 159 Å². The SMILES string of the molecule is CC.CC.CC(C)=O.CCCCCC(C)C.CCc1cccc(O)c1. The number of phenols is 1. The van der Waals surface area contributed by atoms with Crippen LogP contribution in [-0.2, 0) is 11.2 Å². The highest BCUT2D eigenvalue weighted by molar-refractivity contribution is 5.72. The molecule has 0 bridgehead atoms. The van der Waals surface area contributed by atoms with Crippen molar-refractivity contribution in [3.05, 3.63) is 29.8 Å². The normalized spacial score (nSPS) is 8.28. The maximum atomic E-state index is 9.44. The number of rotatable bonds is 5. The van der Waals surface area contributed by atoms with Gasteiger partial charge in [-0.3, -0.25) is 0 Å². The molecule has 0 aromatic heterocycles. The largest absolute Gasteiger partial charge is 0.508 e. The number of aryl methyl sites for hydroxylation is 1. The van der Waals surface area contributed by atoms with Crippen LogP contribution in [0.1, 0.15) is 100 Å². The summed E-state index contributed by atoms with van der Waals surface area (Å²) in [6.45, 7) is 19.9. The lowest BCUT2D eigenvalue weighted by atomic mass is 10.1. The average molecular weight is 355 g/mol. The molecule has 0 atom stereocenters. The predicted octanol–water partition coefficient (Wildman–Crippen LogP) is 7.83. The van der Waals surface area contributed by atoms with E-state index >= 15 is 0 Å². The van der Waals surface area contributed by atoms with Crippen LogP contribution >= 0.6 is 0 Å². The topological polar surface area (TPSA) is 37.3 Å². The molecule has 0 aliphatic carbocycles. The molecule has 0 saturated heterocycles. The first-order valence-corrected chi connectivity index (χ1v) is 10.1. The summed E-state index contributed by atoms with van der Waals surface area (Å²) in [5.74, 6) is 1.43. The second-order valence-corrected chi connectivity index (χ2v) is 5.82. The third-order valence-corrected chi connectivity index (χ3v) is 2.70. The van der Waals surface area contributed by atoms with Crippen LogP contribution in [0.3, 0.4) is 0 Å². The zero-order valence-electron chi connectivity index (χ0n) is 18.8. The van der Waals surface area contributed by atoms with Gasteiger partial charge in [0.1, 0.15) is 11.5 Å². The molecule has 25 heavy (non-hydrogen) atoms. The van der Waals surface area contributed by atoms with Crippen molar-refractivity contribution in [2.24, 2.45) is 5.92 Å². The summed E-state index contributed by atoms with van der Waals surface area (Å²) < 4.78 is 0. The molecule has 2 heteroatoms. The first kappa shape index (κ1) is 31.5. The number of hydrogen-bond donors (Lipinski definition) is 1. The first-order valence-electron chi connectivity index (χ1n) is 10.1. The minimum absolute atomic E-state index is 0.167. The fraction of sp³-hybridized carbons (Fsp3) is 0.696. The molecule has 0 aliphatic rings. The number of carbonyl (C=O) groups is 1. The molecular weight excluding hydrogens is 308 g/mol. The van der Waals surface area contributed by atoms with E-state index in [2.05, 4.69) is 27.7 Å². The van der Waals surface area contributed by atoms with Crippen LogP contribution in [-0.4, -0.2) is 10.9 Å². The molecule has 0 fully saturated rings. The molecule has 0 heterocycles. The van der Waals surface area contributed by atoms with Crippen LogP contribution in [0, 0.1) is 5.92 Å². The van der Waals surface area contributed by atoms with Crippen molar-refractivity contribution >= 4 is 5.78 Å². The maximum absolute atomic E-state index is 9.44. The number of Topliss-reactive ketones (excluding diaryl/α,β-unsaturated/α-hetero) is 1. The lowest BCUT2D eigenvalue weighted by Gasteiger charge is -2.00. The van der Waals surface area contributed by atoms with Crippen LogP contribution in [0.15, 0.2) is 24.3 Å². The minimum Gasteiger partial charge on any atom is -0.508 e. The van der Waals surface area contributed by atoms with Crippen LogP contribution in [0.5, 0.6) is 5.75 Å². The van der Waals surface area contributed by atoms with E-state index < -0.39 is 0 Å². The highest BCUT2D eigenvalue weighted by Crippen LogP contribution is 2.10. The van der Waals surface area contributed by atoms with Gasteiger partial charge in [-0.05, 0) is 43.9 Å². The van der Waals surface area contributed by atoms with Gasteiger partial charge in [0.15, 0.2) is 0 Å². The molecular formula is C23H46O2. The average Bonchev–Trinajstić information content (AvgIpc) is 2.58. The number of carbonyl (C=O) groups excluding carboxylic acids is 1. The van der Waals surface area contributed by atoms with E-state index in [1.165, 1.54) is 45.1 Å². The van der Waals surface area contributed by atoms with Gasteiger partial charge in [-0.1, -0.05) is 93.2 Å². The number of phenolic OH excluding ortho intramolecular Hbond substituents is 1. The number of hydrogen-bond acceptors (Lipinski definition) is 2. The zero-order chi connectivity index (χ0) is 20.7. The Hall–Kier alpha value is -1.31. The monoisotopic (exact) mass is 354 g/mol. The molecule has 0 unspecified atom stereocenters. The fourth-order valence-corrected chi connectivity index (χ4v) is 1.58. The van der Waals surface area contributed by atoms with E-state index in [-0.39, 0.29) is 5.78 Å². The Morgan fingerprint density at radius 1 is 1.00 bits per heavy atom. The number of aromatic hydroxyl groups is 1. The Morgan fingerprint density at radius 3 is 1.76 bits per heavy atom. The molecule has 0 aliphatic heterocycles. The van der Waals surface area contributed by atoms with Gasteiger partial charge >= 0.3 is 0 Å². The van der Waals surface area contributed by atoms with E-state index in [1.807, 2.05) is 39.8 Å². The van der Waals surface area contributed by atoms with Crippen LogP contribution in [0.25, 0.3) is 0 Å². The summed E-state index contributed by atoms with van der Waals surface area (Å²) in [6, 6.07) is 7.31. The van der Waals surface area contributed by atoms with Gasteiger partial charge in [-0.25, -0.2) is 0 Å². The number of benzene rings is 1. The summed E-state index contributed by atoms with van der Waals surface area (Å²) in [7, 11) is 0. The fourth-order valence-electron chi connectivity index (χ4n) is 1.58. The Bertz CT molecular complexity index is 353. The quantitative estimate of drug-likeness (QED) is 0.547. The van der Waals surface area contributed by atoms with Crippen LogP contribution < -0.4 is 0 Å². The van der Waals surface area contributed by atoms with Gasteiger partial charge in [-0.15, -0.1) is 0 Å². The molecule has 1 N–H and O–H groups in total. The number of ketones is 1.